The Labute approximate surface area is 140 Å². The van der Waals surface area contributed by atoms with Gasteiger partial charge in [0.2, 0.25) is 5.91 Å². The standard InChI is InChI=1S/C17H21N5O2/c1-12-4-2-6-15(19-12)21-16-9-18-8-14(20-16)13-5-3-7-22(10-13)17(24)11-23/h2,4,6,8-9,13,23H,3,5,7,10-11H2,1H3,(H,19,20,21). The topological polar surface area (TPSA) is 91.2 Å². The molecule has 7 nitrogen and oxygen atoms in total. The molecule has 1 aliphatic rings. The van der Waals surface area contributed by atoms with Crippen LogP contribution in [0.4, 0.5) is 11.6 Å². The zero-order chi connectivity index (χ0) is 16.9. The number of hydrogen-bond acceptors (Lipinski definition) is 6. The van der Waals surface area contributed by atoms with Crippen molar-refractivity contribution in [1.29, 1.82) is 0 Å². The van der Waals surface area contributed by atoms with Crippen LogP contribution in [0.25, 0.3) is 0 Å². The molecular formula is C17H21N5O2. The van der Waals surface area contributed by atoms with Crippen LogP contribution in [0.2, 0.25) is 0 Å². The molecule has 7 heteroatoms. The Morgan fingerprint density at radius 3 is 3.00 bits per heavy atom. The predicted octanol–water partition coefficient (Wildman–Crippen LogP) is 1.62. The fourth-order valence-electron chi connectivity index (χ4n) is 2.93. The van der Waals surface area contributed by atoms with E-state index in [4.69, 9.17) is 5.11 Å². The summed E-state index contributed by atoms with van der Waals surface area (Å²) in [6.45, 7) is 2.75. The lowest BCUT2D eigenvalue weighted by atomic mass is 9.95. The molecule has 0 aliphatic carbocycles. The van der Waals surface area contributed by atoms with Crippen molar-refractivity contribution < 1.29 is 9.90 Å². The van der Waals surface area contributed by atoms with Crippen molar-refractivity contribution in [2.75, 3.05) is 25.0 Å². The molecule has 0 aromatic carbocycles. The fraction of sp³-hybridized carbons (Fsp3) is 0.412. The highest BCUT2D eigenvalue weighted by Crippen LogP contribution is 2.26. The van der Waals surface area contributed by atoms with Crippen LogP contribution in [0.1, 0.15) is 30.1 Å². The van der Waals surface area contributed by atoms with Gasteiger partial charge >= 0.3 is 0 Å². The van der Waals surface area contributed by atoms with Gasteiger partial charge < -0.3 is 15.3 Å². The largest absolute Gasteiger partial charge is 0.387 e. The molecule has 1 fully saturated rings. The number of hydrogen-bond donors (Lipinski definition) is 2. The minimum absolute atomic E-state index is 0.133. The SMILES string of the molecule is Cc1cccc(Nc2cncc(C3CCCN(C(=O)CO)C3)n2)n1. The summed E-state index contributed by atoms with van der Waals surface area (Å²) in [5, 5.41) is 12.2. The predicted molar refractivity (Wildman–Crippen MR) is 89.9 cm³/mol. The first-order chi connectivity index (χ1) is 11.7. The number of carbonyl (C=O) groups is 1. The number of anilines is 2. The van der Waals surface area contributed by atoms with Crippen molar-refractivity contribution in [3.63, 3.8) is 0 Å². The summed E-state index contributed by atoms with van der Waals surface area (Å²) in [7, 11) is 0. The molecule has 2 aromatic heterocycles. The van der Waals surface area contributed by atoms with Crippen LogP contribution in [0, 0.1) is 6.92 Å². The van der Waals surface area contributed by atoms with E-state index in [1.807, 2.05) is 25.1 Å². The fourth-order valence-corrected chi connectivity index (χ4v) is 2.93. The maximum absolute atomic E-state index is 11.7. The summed E-state index contributed by atoms with van der Waals surface area (Å²) in [5.41, 5.74) is 1.78. The first-order valence-electron chi connectivity index (χ1n) is 8.07. The molecule has 0 bridgehead atoms. The zero-order valence-corrected chi connectivity index (χ0v) is 13.6. The van der Waals surface area contributed by atoms with E-state index in [0.29, 0.717) is 18.9 Å². The van der Waals surface area contributed by atoms with Gasteiger partial charge in [0.05, 0.1) is 11.9 Å². The second-order valence-electron chi connectivity index (χ2n) is 5.96. The average Bonchev–Trinajstić information content (AvgIpc) is 2.61. The smallest absolute Gasteiger partial charge is 0.248 e. The van der Waals surface area contributed by atoms with E-state index in [9.17, 15) is 4.79 Å². The molecule has 126 valence electrons. The van der Waals surface area contributed by atoms with Gasteiger partial charge in [-0.05, 0) is 31.9 Å². The van der Waals surface area contributed by atoms with Crippen LogP contribution < -0.4 is 5.32 Å². The molecule has 0 saturated carbocycles. The summed E-state index contributed by atoms with van der Waals surface area (Å²) in [6, 6.07) is 5.74. The number of likely N-dealkylation sites (tertiary alicyclic amines) is 1. The number of aromatic nitrogens is 3. The molecule has 1 saturated heterocycles. The van der Waals surface area contributed by atoms with Crippen LogP contribution >= 0.6 is 0 Å². The van der Waals surface area contributed by atoms with E-state index in [1.165, 1.54) is 0 Å². The molecule has 24 heavy (non-hydrogen) atoms. The molecule has 0 spiro atoms. The summed E-state index contributed by atoms with van der Waals surface area (Å²) in [6.07, 6.45) is 5.25. The zero-order valence-electron chi connectivity index (χ0n) is 13.6. The normalized spacial score (nSPS) is 17.6. The Bertz CT molecular complexity index is 722. The lowest BCUT2D eigenvalue weighted by molar-refractivity contribution is -0.135. The monoisotopic (exact) mass is 327 g/mol. The Hall–Kier alpha value is -2.54. The number of aliphatic hydroxyl groups is 1. The maximum atomic E-state index is 11.7. The maximum Gasteiger partial charge on any atom is 0.248 e. The van der Waals surface area contributed by atoms with Crippen molar-refractivity contribution in [2.24, 2.45) is 0 Å². The molecule has 2 N–H and O–H groups in total. The molecule has 3 heterocycles. The van der Waals surface area contributed by atoms with Gasteiger partial charge in [-0.2, -0.15) is 0 Å². The molecule has 0 radical (unpaired) electrons. The molecule has 2 aromatic rings. The van der Waals surface area contributed by atoms with Gasteiger partial charge in [-0.15, -0.1) is 0 Å². The van der Waals surface area contributed by atoms with Gasteiger partial charge in [0, 0.05) is 30.9 Å². The number of carbonyl (C=O) groups excluding carboxylic acids is 1. The van der Waals surface area contributed by atoms with E-state index in [1.54, 1.807) is 17.3 Å². The first kappa shape index (κ1) is 16.3. The van der Waals surface area contributed by atoms with Crippen molar-refractivity contribution in [3.8, 4) is 0 Å². The number of amides is 1. The molecular weight excluding hydrogens is 306 g/mol. The third-order valence-electron chi connectivity index (χ3n) is 4.13. The van der Waals surface area contributed by atoms with Crippen LogP contribution in [0.15, 0.2) is 30.6 Å². The molecule has 3 rings (SSSR count). The minimum Gasteiger partial charge on any atom is -0.387 e. The van der Waals surface area contributed by atoms with Crippen LogP contribution in [0.5, 0.6) is 0 Å². The quantitative estimate of drug-likeness (QED) is 0.887. The van der Waals surface area contributed by atoms with Gasteiger partial charge in [0.25, 0.3) is 0 Å². The lowest BCUT2D eigenvalue weighted by Crippen LogP contribution is -2.40. The molecule has 1 aliphatic heterocycles. The highest BCUT2D eigenvalue weighted by atomic mass is 16.3. The highest BCUT2D eigenvalue weighted by molar-refractivity contribution is 5.77. The number of pyridine rings is 1. The van der Waals surface area contributed by atoms with Gasteiger partial charge in [-0.3, -0.25) is 9.78 Å². The molecule has 1 atom stereocenters. The highest BCUT2D eigenvalue weighted by Gasteiger charge is 2.25. The number of nitrogens with zero attached hydrogens (tertiary/aromatic N) is 4. The Morgan fingerprint density at radius 1 is 1.33 bits per heavy atom. The number of piperidine rings is 1. The van der Waals surface area contributed by atoms with Crippen LogP contribution in [-0.2, 0) is 4.79 Å². The second-order valence-corrected chi connectivity index (χ2v) is 5.96. The summed E-state index contributed by atoms with van der Waals surface area (Å²) in [4.78, 5) is 26.7. The number of nitrogens with one attached hydrogen (secondary N) is 1. The van der Waals surface area contributed by atoms with Gasteiger partial charge in [0.1, 0.15) is 18.2 Å². The second kappa shape index (κ2) is 7.35. The molecule has 1 amide bonds. The van der Waals surface area contributed by atoms with Gasteiger partial charge in [-0.25, -0.2) is 9.97 Å². The van der Waals surface area contributed by atoms with E-state index in [2.05, 4.69) is 20.3 Å². The van der Waals surface area contributed by atoms with E-state index in [0.717, 1.165) is 30.0 Å². The summed E-state index contributed by atoms with van der Waals surface area (Å²) >= 11 is 0. The number of aryl methyl sites for hydroxylation is 1. The number of aliphatic hydroxyl groups excluding tert-OH is 1. The van der Waals surface area contributed by atoms with Crippen molar-refractivity contribution in [2.45, 2.75) is 25.7 Å². The third-order valence-corrected chi connectivity index (χ3v) is 4.13. The Balaban J connectivity index is 1.74. The van der Waals surface area contributed by atoms with E-state index >= 15 is 0 Å². The van der Waals surface area contributed by atoms with Crippen molar-refractivity contribution >= 4 is 17.5 Å². The Kier molecular flexibility index (Phi) is 5.00. The van der Waals surface area contributed by atoms with E-state index < -0.39 is 6.61 Å². The van der Waals surface area contributed by atoms with Gasteiger partial charge in [0.15, 0.2) is 0 Å². The summed E-state index contributed by atoms with van der Waals surface area (Å²) < 4.78 is 0. The van der Waals surface area contributed by atoms with Crippen LogP contribution in [-0.4, -0.2) is 50.6 Å². The minimum atomic E-state index is -0.445. The van der Waals surface area contributed by atoms with Crippen molar-refractivity contribution in [3.05, 3.63) is 42.0 Å². The third kappa shape index (κ3) is 3.86. The lowest BCUT2D eigenvalue weighted by Gasteiger charge is -2.32. The van der Waals surface area contributed by atoms with Gasteiger partial charge in [-0.1, -0.05) is 6.07 Å². The average molecular weight is 327 g/mol. The molecule has 1 unspecified atom stereocenters. The summed E-state index contributed by atoms with van der Waals surface area (Å²) in [5.74, 6) is 1.26. The van der Waals surface area contributed by atoms with Crippen molar-refractivity contribution in [1.82, 2.24) is 19.9 Å². The van der Waals surface area contributed by atoms with Crippen LogP contribution in [0.3, 0.4) is 0 Å². The first-order valence-corrected chi connectivity index (χ1v) is 8.07. The van der Waals surface area contributed by atoms with E-state index in [-0.39, 0.29) is 11.8 Å². The number of rotatable bonds is 4. The Morgan fingerprint density at radius 2 is 2.21 bits per heavy atom.